The van der Waals surface area contributed by atoms with Gasteiger partial charge < -0.3 is 8.92 Å². The molecule has 0 N–H and O–H groups in total. The number of halogens is 1. The molecule has 0 aliphatic carbocycles. The van der Waals surface area contributed by atoms with Gasteiger partial charge in [-0.25, -0.2) is 0 Å². The van der Waals surface area contributed by atoms with Crippen molar-refractivity contribution in [3.05, 3.63) is 57.6 Å². The van der Waals surface area contributed by atoms with Gasteiger partial charge in [0.05, 0.1) is 11.5 Å². The number of hydrogen-bond donors (Lipinski definition) is 0. The highest BCUT2D eigenvalue weighted by Crippen LogP contribution is 2.33. The summed E-state index contributed by atoms with van der Waals surface area (Å²) in [4.78, 5) is 9.62. The number of benzene rings is 2. The van der Waals surface area contributed by atoms with Crippen molar-refractivity contribution in [2.45, 2.75) is 11.8 Å². The van der Waals surface area contributed by atoms with Gasteiger partial charge in [0.1, 0.15) is 0 Å². The molecule has 0 spiro atoms. The molecule has 0 heterocycles. The average molecular weight is 358 g/mol. The fourth-order valence-corrected chi connectivity index (χ4v) is 3.06. The fraction of sp³-hybridized carbons (Fsp3) is 0.143. The van der Waals surface area contributed by atoms with Crippen LogP contribution in [0, 0.1) is 10.1 Å². The van der Waals surface area contributed by atoms with Crippen molar-refractivity contribution in [3.8, 4) is 11.5 Å². The molecule has 0 radical (unpaired) electrons. The van der Waals surface area contributed by atoms with Crippen LogP contribution in [-0.4, -0.2) is 19.9 Å². The first-order chi connectivity index (χ1) is 10.8. The third-order valence-electron chi connectivity index (χ3n) is 2.74. The Labute approximate surface area is 137 Å². The van der Waals surface area contributed by atoms with E-state index in [4.69, 9.17) is 20.5 Å². The molecule has 0 fully saturated rings. The van der Waals surface area contributed by atoms with Crippen LogP contribution in [0.1, 0.15) is 6.92 Å². The average Bonchev–Trinajstić information content (AvgIpc) is 2.49. The zero-order chi connectivity index (χ0) is 17.0. The van der Waals surface area contributed by atoms with Gasteiger partial charge in [0.25, 0.3) is 5.69 Å². The number of hydrogen-bond acceptors (Lipinski definition) is 6. The predicted octanol–water partition coefficient (Wildman–Crippen LogP) is 3.41. The minimum Gasteiger partial charge on any atom is -0.490 e. The van der Waals surface area contributed by atoms with E-state index in [9.17, 15) is 18.5 Å². The molecule has 0 aromatic heterocycles. The molecule has 0 aliphatic heterocycles. The molecule has 0 atom stereocenters. The van der Waals surface area contributed by atoms with Crippen LogP contribution in [0.25, 0.3) is 0 Å². The molecule has 23 heavy (non-hydrogen) atoms. The first-order valence-electron chi connectivity index (χ1n) is 6.45. The molecule has 0 amide bonds. The SMILES string of the molecule is CCOc1ccccc1OS(=O)(=O)c1ccc(Cl)cc1[N+](=O)[O-]. The monoisotopic (exact) mass is 357 g/mol. The van der Waals surface area contributed by atoms with Gasteiger partial charge >= 0.3 is 10.1 Å². The Bertz CT molecular complexity index is 837. The standard InChI is InChI=1S/C14H12ClNO6S/c1-2-21-12-5-3-4-6-13(12)22-23(19,20)14-8-7-10(15)9-11(14)16(17)18/h3-9H,2H2,1H3. The second-order valence-electron chi connectivity index (χ2n) is 4.29. The highest BCUT2D eigenvalue weighted by molar-refractivity contribution is 7.87. The van der Waals surface area contributed by atoms with E-state index in [1.54, 1.807) is 19.1 Å². The van der Waals surface area contributed by atoms with Gasteiger partial charge in [-0.3, -0.25) is 10.1 Å². The van der Waals surface area contributed by atoms with Gasteiger partial charge in [-0.05, 0) is 31.2 Å². The summed E-state index contributed by atoms with van der Waals surface area (Å²) in [5, 5.41) is 11.1. The molecule has 122 valence electrons. The molecule has 0 saturated heterocycles. The summed E-state index contributed by atoms with van der Waals surface area (Å²) in [6.07, 6.45) is 0. The zero-order valence-corrected chi connectivity index (χ0v) is 13.5. The van der Waals surface area contributed by atoms with E-state index in [1.165, 1.54) is 18.2 Å². The van der Waals surface area contributed by atoms with Crippen LogP contribution in [-0.2, 0) is 10.1 Å². The number of ether oxygens (including phenoxy) is 1. The summed E-state index contributed by atoms with van der Waals surface area (Å²) in [6.45, 7) is 2.04. The van der Waals surface area contributed by atoms with Crippen LogP contribution < -0.4 is 8.92 Å². The largest absolute Gasteiger partial charge is 0.490 e. The lowest BCUT2D eigenvalue weighted by Gasteiger charge is -2.11. The number of nitro benzene ring substituents is 1. The first-order valence-corrected chi connectivity index (χ1v) is 8.24. The normalized spacial score (nSPS) is 11.0. The fourth-order valence-electron chi connectivity index (χ4n) is 1.80. The number of rotatable bonds is 6. The van der Waals surface area contributed by atoms with Crippen molar-refractivity contribution >= 4 is 27.4 Å². The van der Waals surface area contributed by atoms with E-state index in [0.717, 1.165) is 12.1 Å². The second-order valence-corrected chi connectivity index (χ2v) is 6.24. The van der Waals surface area contributed by atoms with E-state index in [2.05, 4.69) is 0 Å². The van der Waals surface area contributed by atoms with Crippen molar-refractivity contribution in [1.82, 2.24) is 0 Å². The maximum atomic E-state index is 12.4. The molecule has 2 aromatic rings. The predicted molar refractivity (Wildman–Crippen MR) is 83.5 cm³/mol. The molecule has 2 rings (SSSR count). The summed E-state index contributed by atoms with van der Waals surface area (Å²) in [6, 6.07) is 9.35. The lowest BCUT2D eigenvalue weighted by Crippen LogP contribution is -2.12. The molecule has 2 aromatic carbocycles. The van der Waals surface area contributed by atoms with Crippen LogP contribution in [0.15, 0.2) is 47.4 Å². The Kier molecular flexibility index (Phi) is 5.07. The van der Waals surface area contributed by atoms with Crippen molar-refractivity contribution < 1.29 is 22.3 Å². The third kappa shape index (κ3) is 3.91. The Morgan fingerprint density at radius 1 is 1.17 bits per heavy atom. The lowest BCUT2D eigenvalue weighted by molar-refractivity contribution is -0.387. The number of nitro groups is 1. The van der Waals surface area contributed by atoms with Gasteiger partial charge in [-0.2, -0.15) is 8.42 Å². The molecule has 0 unspecified atom stereocenters. The number of nitrogens with zero attached hydrogens (tertiary/aromatic N) is 1. The maximum Gasteiger partial charge on any atom is 0.346 e. The maximum absolute atomic E-state index is 12.4. The van der Waals surface area contributed by atoms with E-state index < -0.39 is 25.6 Å². The quantitative estimate of drug-likeness (QED) is 0.446. The summed E-state index contributed by atoms with van der Waals surface area (Å²) in [7, 11) is -4.43. The zero-order valence-electron chi connectivity index (χ0n) is 11.9. The molecular weight excluding hydrogens is 346 g/mol. The van der Waals surface area contributed by atoms with Crippen molar-refractivity contribution in [2.75, 3.05) is 6.61 Å². The number of para-hydroxylation sites is 2. The summed E-state index contributed by atoms with van der Waals surface area (Å²) in [5.74, 6) is 0.161. The second kappa shape index (κ2) is 6.84. The molecule has 0 aliphatic rings. The minimum atomic E-state index is -4.43. The Hall–Kier alpha value is -2.32. The highest BCUT2D eigenvalue weighted by atomic mass is 35.5. The molecule has 7 nitrogen and oxygen atoms in total. The van der Waals surface area contributed by atoms with Crippen molar-refractivity contribution in [1.29, 1.82) is 0 Å². The smallest absolute Gasteiger partial charge is 0.346 e. The van der Waals surface area contributed by atoms with E-state index in [0.29, 0.717) is 6.61 Å². The van der Waals surface area contributed by atoms with Crippen LogP contribution >= 0.6 is 11.6 Å². The molecule has 9 heteroatoms. The lowest BCUT2D eigenvalue weighted by atomic mass is 10.3. The summed E-state index contributed by atoms with van der Waals surface area (Å²) >= 11 is 5.68. The Morgan fingerprint density at radius 3 is 2.43 bits per heavy atom. The molecular formula is C14H12ClNO6S. The van der Waals surface area contributed by atoms with E-state index in [-0.39, 0.29) is 16.5 Å². The molecule has 0 saturated carbocycles. The van der Waals surface area contributed by atoms with Gasteiger partial charge in [-0.1, -0.05) is 23.7 Å². The van der Waals surface area contributed by atoms with Crippen LogP contribution in [0.4, 0.5) is 5.69 Å². The van der Waals surface area contributed by atoms with E-state index in [1.807, 2.05) is 0 Å². The minimum absolute atomic E-state index is 0.0466. The van der Waals surface area contributed by atoms with E-state index >= 15 is 0 Å². The van der Waals surface area contributed by atoms with Crippen molar-refractivity contribution in [2.24, 2.45) is 0 Å². The van der Waals surface area contributed by atoms with Crippen LogP contribution in [0.3, 0.4) is 0 Å². The third-order valence-corrected chi connectivity index (χ3v) is 4.25. The summed E-state index contributed by atoms with van der Waals surface area (Å²) in [5.41, 5.74) is -0.661. The van der Waals surface area contributed by atoms with Crippen molar-refractivity contribution in [3.63, 3.8) is 0 Å². The topological polar surface area (TPSA) is 95.7 Å². The first kappa shape index (κ1) is 17.0. The van der Waals surface area contributed by atoms with Gasteiger partial charge in [0, 0.05) is 11.1 Å². The van der Waals surface area contributed by atoms with Gasteiger partial charge in [0.2, 0.25) is 0 Å². The summed E-state index contributed by atoms with van der Waals surface area (Å²) < 4.78 is 35.0. The Balaban J connectivity index is 2.47. The Morgan fingerprint density at radius 2 is 1.83 bits per heavy atom. The van der Waals surface area contributed by atoms with Crippen LogP contribution in [0.2, 0.25) is 5.02 Å². The molecule has 0 bridgehead atoms. The highest BCUT2D eigenvalue weighted by Gasteiger charge is 2.29. The van der Waals surface area contributed by atoms with Gasteiger partial charge in [-0.15, -0.1) is 0 Å². The van der Waals surface area contributed by atoms with Crippen LogP contribution in [0.5, 0.6) is 11.5 Å². The van der Waals surface area contributed by atoms with Gasteiger partial charge in [0.15, 0.2) is 16.4 Å².